The molecule has 72 heavy (non-hydrogen) atoms. The number of carboxylic acids is 2. The Morgan fingerprint density at radius 2 is 1.74 bits per heavy atom. The number of piperidine rings is 2. The zero-order valence-corrected chi connectivity index (χ0v) is 41.5. The van der Waals surface area contributed by atoms with Gasteiger partial charge in [-0.2, -0.15) is 4.31 Å². The number of imide groups is 1. The number of fused-ring (bicyclic) bond motifs is 1. The molecule has 23 heteroatoms. The van der Waals surface area contributed by atoms with E-state index in [-0.39, 0.29) is 101 Å². The second-order valence-corrected chi connectivity index (χ2v) is 21.9. The number of ether oxygens (including phenoxy) is 1. The van der Waals surface area contributed by atoms with Crippen LogP contribution in [0, 0.1) is 17.8 Å². The first kappa shape index (κ1) is 51.3. The summed E-state index contributed by atoms with van der Waals surface area (Å²) < 4.78 is 36.2. The van der Waals surface area contributed by atoms with Gasteiger partial charge in [0, 0.05) is 60.0 Å². The van der Waals surface area contributed by atoms with Crippen LogP contribution >= 0.6 is 22.9 Å². The molecule has 3 aromatic carbocycles. The molecule has 2 aliphatic heterocycles. The van der Waals surface area contributed by atoms with E-state index in [2.05, 4.69) is 31.6 Å². The van der Waals surface area contributed by atoms with Gasteiger partial charge in [-0.05, 0) is 86.9 Å². The number of sulfonamides is 1. The molecule has 3 unspecified atom stereocenters. The van der Waals surface area contributed by atoms with Crippen LogP contribution in [0.1, 0.15) is 94.0 Å². The Kier molecular flexibility index (Phi) is 15.2. The number of aromatic nitrogens is 3. The first-order valence-corrected chi connectivity index (χ1v) is 25.9. The van der Waals surface area contributed by atoms with E-state index < -0.39 is 51.9 Å². The topological polar surface area (TPSA) is 285 Å². The van der Waals surface area contributed by atoms with Crippen molar-refractivity contribution in [2.24, 2.45) is 17.8 Å². The van der Waals surface area contributed by atoms with Crippen LogP contribution in [0.2, 0.25) is 5.02 Å². The van der Waals surface area contributed by atoms with Gasteiger partial charge in [0.15, 0.2) is 28.8 Å². The number of aromatic carboxylic acids is 1. The number of carbonyl (C=O) groups excluding carboxylic acids is 5. The van der Waals surface area contributed by atoms with Gasteiger partial charge in [-0.25, -0.2) is 18.0 Å². The largest absolute Gasteiger partial charge is 0.479 e. The molecule has 5 aromatic rings. The molecule has 3 aliphatic rings. The second kappa shape index (κ2) is 21.4. The molecule has 0 radical (unpaired) electrons. The van der Waals surface area contributed by atoms with E-state index in [9.17, 15) is 47.1 Å². The average Bonchev–Trinajstić information content (AvgIpc) is 4.00. The maximum Gasteiger partial charge on any atom is 0.349 e. The summed E-state index contributed by atoms with van der Waals surface area (Å²) in [4.78, 5) is 86.9. The van der Waals surface area contributed by atoms with E-state index in [1.54, 1.807) is 71.2 Å². The number of amides is 3. The molecule has 0 spiro atoms. The first-order chi connectivity index (χ1) is 34.3. The van der Waals surface area contributed by atoms with Crippen molar-refractivity contribution in [2.45, 2.75) is 76.8 Å². The molecule has 8 rings (SSSR count). The number of carboxylic acid groups (broad SMARTS) is 2. The zero-order chi connectivity index (χ0) is 51.5. The number of thiophene rings is 1. The van der Waals surface area contributed by atoms with Crippen molar-refractivity contribution in [3.05, 3.63) is 105 Å². The highest BCUT2D eigenvalue weighted by atomic mass is 35.5. The van der Waals surface area contributed by atoms with Crippen LogP contribution in [0.4, 0.5) is 17.1 Å². The number of anilines is 3. The lowest BCUT2D eigenvalue weighted by Crippen LogP contribution is -2.53. The van der Waals surface area contributed by atoms with E-state index in [1.807, 2.05) is 19.9 Å². The molecule has 378 valence electrons. The number of aliphatic carboxylic acids is 1. The molecule has 20 nitrogen and oxygen atoms in total. The SMILES string of the molecule is CC1(C)CC(CNc2cccc(-c3sc(C(=O)O)c(OCC(=O)O)c3Cl)c2)CCN1S(=O)(=O)Cc1cccc(NC(=O)CCn2cc(CNc3cccc4c3C(=O)C(CC3CCC(=O)NC3=O)C4=O)nn2)c1. The number of hydrogen-bond donors (Lipinski definition) is 6. The molecular formula is C49H51ClN8O12S2. The minimum absolute atomic E-state index is 0.00225. The van der Waals surface area contributed by atoms with Crippen LogP contribution < -0.4 is 26.0 Å². The number of nitrogens with one attached hydrogen (secondary N) is 4. The third-order valence-corrected chi connectivity index (χ3v) is 16.6. The second-order valence-electron chi connectivity index (χ2n) is 18.6. The summed E-state index contributed by atoms with van der Waals surface area (Å²) in [6.07, 6.45) is 3.29. The summed E-state index contributed by atoms with van der Waals surface area (Å²) in [5.41, 5.74) is 3.01. The molecular weight excluding hydrogens is 992 g/mol. The van der Waals surface area contributed by atoms with Crippen LogP contribution in [0.5, 0.6) is 5.75 Å². The van der Waals surface area contributed by atoms with Crippen molar-refractivity contribution >= 4 is 91.2 Å². The number of aryl methyl sites for hydroxylation is 1. The molecule has 2 aromatic heterocycles. The van der Waals surface area contributed by atoms with Crippen molar-refractivity contribution < 1.29 is 56.9 Å². The molecule has 2 saturated heterocycles. The summed E-state index contributed by atoms with van der Waals surface area (Å²) in [6.45, 7) is 4.22. The Morgan fingerprint density at radius 3 is 2.49 bits per heavy atom. The molecule has 6 N–H and O–H groups in total. The number of halogens is 1. The van der Waals surface area contributed by atoms with Crippen molar-refractivity contribution in [2.75, 3.05) is 35.6 Å². The minimum atomic E-state index is -3.80. The molecule has 3 atom stereocenters. The van der Waals surface area contributed by atoms with Crippen molar-refractivity contribution in [1.82, 2.24) is 24.6 Å². The van der Waals surface area contributed by atoms with Crippen LogP contribution in [0.3, 0.4) is 0 Å². The molecule has 2 fully saturated rings. The van der Waals surface area contributed by atoms with Crippen molar-refractivity contribution in [3.63, 3.8) is 0 Å². The van der Waals surface area contributed by atoms with Gasteiger partial charge in [0.1, 0.15) is 10.7 Å². The summed E-state index contributed by atoms with van der Waals surface area (Å²) in [7, 11) is -3.80. The molecule has 0 bridgehead atoms. The lowest BCUT2D eigenvalue weighted by atomic mass is 9.84. The van der Waals surface area contributed by atoms with Crippen molar-refractivity contribution in [1.29, 1.82) is 0 Å². The Hall–Kier alpha value is -7.01. The number of ketones is 2. The van der Waals surface area contributed by atoms with E-state index in [0.717, 1.165) is 17.0 Å². The van der Waals surface area contributed by atoms with Gasteiger partial charge in [0.05, 0.1) is 41.4 Å². The van der Waals surface area contributed by atoms with E-state index in [1.165, 1.54) is 4.68 Å². The smallest absolute Gasteiger partial charge is 0.349 e. The van der Waals surface area contributed by atoms with Gasteiger partial charge in [0.2, 0.25) is 27.7 Å². The average molecular weight is 1040 g/mol. The highest BCUT2D eigenvalue weighted by molar-refractivity contribution is 7.88. The predicted molar refractivity (Wildman–Crippen MR) is 266 cm³/mol. The summed E-state index contributed by atoms with van der Waals surface area (Å²) in [5, 5.41) is 38.7. The van der Waals surface area contributed by atoms with Crippen LogP contribution in [-0.2, 0) is 48.0 Å². The maximum atomic E-state index is 14.0. The first-order valence-electron chi connectivity index (χ1n) is 23.1. The Labute approximate surface area is 422 Å². The zero-order valence-electron chi connectivity index (χ0n) is 39.1. The number of benzene rings is 3. The Balaban J connectivity index is 0.801. The van der Waals surface area contributed by atoms with Crippen LogP contribution in [0.15, 0.2) is 72.9 Å². The summed E-state index contributed by atoms with van der Waals surface area (Å²) >= 11 is 7.38. The molecule has 4 heterocycles. The van der Waals surface area contributed by atoms with E-state index in [0.29, 0.717) is 59.0 Å². The third kappa shape index (κ3) is 11.7. The monoisotopic (exact) mass is 1040 g/mol. The minimum Gasteiger partial charge on any atom is -0.479 e. The predicted octanol–water partition coefficient (Wildman–Crippen LogP) is 6.33. The number of rotatable bonds is 20. The van der Waals surface area contributed by atoms with Gasteiger partial charge in [-0.1, -0.05) is 53.2 Å². The maximum absolute atomic E-state index is 14.0. The fraction of sp³-hybridized carbons (Fsp3) is 0.367. The lowest BCUT2D eigenvalue weighted by molar-refractivity contribution is -0.139. The number of hydrogen-bond acceptors (Lipinski definition) is 15. The highest BCUT2D eigenvalue weighted by Gasteiger charge is 2.44. The van der Waals surface area contributed by atoms with Crippen molar-refractivity contribution in [3.8, 4) is 16.2 Å². The fourth-order valence-corrected chi connectivity index (χ4v) is 12.9. The Bertz CT molecular complexity index is 3100. The van der Waals surface area contributed by atoms with Gasteiger partial charge >= 0.3 is 11.9 Å². The van der Waals surface area contributed by atoms with Crippen LogP contribution in [-0.4, -0.2) is 104 Å². The Morgan fingerprint density at radius 1 is 0.972 bits per heavy atom. The van der Waals surface area contributed by atoms with Gasteiger partial charge in [-0.3, -0.25) is 34.0 Å². The standard InChI is InChI=1S/C49H51ClN8O12S2/c1-49(2)21-28(22-51-31-8-4-7-29(19-31)45-41(50)44(70-25-39(61)62)46(71-45)48(66)67)14-17-58(49)72(68,69)26-27-6-3-9-32(18-27)53-38(60)15-16-57-24-33(55-56-57)23-52-36-11-5-10-34-40(36)43(64)35(42(34)63)20-30-12-13-37(59)54-47(30)65/h3-11,18-19,24,28,30,35,51-52H,12-17,20-23,25-26H2,1-2H3,(H,53,60)(H,61,62)(H,66,67)(H,54,59,65). The lowest BCUT2D eigenvalue weighted by Gasteiger charge is -2.44. The summed E-state index contributed by atoms with van der Waals surface area (Å²) in [6, 6.07) is 18.8. The normalized spacial score (nSPS) is 18.8. The highest BCUT2D eigenvalue weighted by Crippen LogP contribution is 2.46. The third-order valence-electron chi connectivity index (χ3n) is 12.9. The van der Waals surface area contributed by atoms with E-state index in [4.69, 9.17) is 21.4 Å². The molecule has 0 saturated carbocycles. The fourth-order valence-electron chi connectivity index (χ4n) is 9.52. The number of nitrogens with zero attached hydrogens (tertiary/aromatic N) is 4. The number of carbonyl (C=O) groups is 7. The van der Waals surface area contributed by atoms with Gasteiger partial charge in [0.25, 0.3) is 0 Å². The van der Waals surface area contributed by atoms with E-state index >= 15 is 0 Å². The molecule has 3 amide bonds. The van der Waals surface area contributed by atoms with Gasteiger partial charge in [-0.15, -0.1) is 16.4 Å². The van der Waals surface area contributed by atoms with Gasteiger partial charge < -0.3 is 30.9 Å². The van der Waals surface area contributed by atoms with Crippen LogP contribution in [0.25, 0.3) is 10.4 Å². The molecule has 1 aliphatic carbocycles. The quantitative estimate of drug-likeness (QED) is 0.0367. The summed E-state index contributed by atoms with van der Waals surface area (Å²) in [5.74, 6) is -6.48. The number of Topliss-reactive ketones (excluding diaryl/α,β-unsaturated/α-hetero) is 2.